The molecule has 0 aliphatic rings. The number of oxime groups is 1. The van der Waals surface area contributed by atoms with Crippen LogP contribution in [0.4, 0.5) is 4.39 Å². The quantitative estimate of drug-likeness (QED) is 0.520. The zero-order valence-electron chi connectivity index (χ0n) is 10.8. The molecule has 0 bridgehead atoms. The van der Waals surface area contributed by atoms with E-state index in [1.165, 1.54) is 18.2 Å². The molecule has 0 aromatic heterocycles. The summed E-state index contributed by atoms with van der Waals surface area (Å²) in [5.74, 6) is 0.0403. The number of hydrogen-bond donors (Lipinski definition) is 1. The maximum absolute atomic E-state index is 13.2. The highest BCUT2D eigenvalue weighted by atomic mass is 35.5. The fraction of sp³-hybridized carbons (Fsp3) is 0.133. The van der Waals surface area contributed by atoms with Crippen LogP contribution in [0.1, 0.15) is 18.1 Å². The SMILES string of the molecule is C/C(=N/O)c1cc(F)ccc1OCc1ccc(Cl)cc1. The molecular weight excluding hydrogens is 281 g/mol. The van der Waals surface area contributed by atoms with E-state index in [4.69, 9.17) is 21.5 Å². The summed E-state index contributed by atoms with van der Waals surface area (Å²) in [5.41, 5.74) is 1.64. The minimum atomic E-state index is -0.415. The highest BCUT2D eigenvalue weighted by molar-refractivity contribution is 6.30. The van der Waals surface area contributed by atoms with Gasteiger partial charge in [-0.2, -0.15) is 0 Å². The first-order chi connectivity index (χ1) is 9.60. The van der Waals surface area contributed by atoms with E-state index in [9.17, 15) is 4.39 Å². The van der Waals surface area contributed by atoms with E-state index < -0.39 is 5.82 Å². The molecule has 0 spiro atoms. The Labute approximate surface area is 121 Å². The van der Waals surface area contributed by atoms with Crippen LogP contribution in [0.3, 0.4) is 0 Å². The Morgan fingerprint density at radius 2 is 1.95 bits per heavy atom. The van der Waals surface area contributed by atoms with Gasteiger partial charge in [-0.3, -0.25) is 0 Å². The van der Waals surface area contributed by atoms with Crippen molar-refractivity contribution < 1.29 is 14.3 Å². The molecule has 0 unspecified atom stereocenters. The van der Waals surface area contributed by atoms with E-state index in [1.807, 2.05) is 12.1 Å². The van der Waals surface area contributed by atoms with Crippen LogP contribution in [0.5, 0.6) is 5.75 Å². The first kappa shape index (κ1) is 14.3. The van der Waals surface area contributed by atoms with Crippen molar-refractivity contribution in [3.8, 4) is 5.75 Å². The third-order valence-electron chi connectivity index (χ3n) is 2.79. The second-order valence-electron chi connectivity index (χ2n) is 4.24. The molecule has 2 rings (SSSR count). The molecule has 0 saturated carbocycles. The lowest BCUT2D eigenvalue weighted by Crippen LogP contribution is -2.03. The van der Waals surface area contributed by atoms with Crippen molar-refractivity contribution in [1.29, 1.82) is 0 Å². The molecule has 0 saturated heterocycles. The lowest BCUT2D eigenvalue weighted by atomic mass is 10.1. The molecule has 0 atom stereocenters. The first-order valence-corrected chi connectivity index (χ1v) is 6.34. The normalized spacial score (nSPS) is 11.4. The molecule has 0 amide bonds. The van der Waals surface area contributed by atoms with Gasteiger partial charge in [-0.25, -0.2) is 4.39 Å². The van der Waals surface area contributed by atoms with E-state index in [0.29, 0.717) is 22.9 Å². The number of rotatable bonds is 4. The van der Waals surface area contributed by atoms with E-state index in [2.05, 4.69) is 5.16 Å². The zero-order chi connectivity index (χ0) is 14.5. The Balaban J connectivity index is 2.19. The van der Waals surface area contributed by atoms with Crippen molar-refractivity contribution in [3.63, 3.8) is 0 Å². The summed E-state index contributed by atoms with van der Waals surface area (Å²) in [4.78, 5) is 0. The number of nitrogens with zero attached hydrogens (tertiary/aromatic N) is 1. The fourth-order valence-electron chi connectivity index (χ4n) is 1.71. The third-order valence-corrected chi connectivity index (χ3v) is 3.04. The van der Waals surface area contributed by atoms with Gasteiger partial charge in [-0.15, -0.1) is 0 Å². The number of hydrogen-bond acceptors (Lipinski definition) is 3. The summed E-state index contributed by atoms with van der Waals surface area (Å²) < 4.78 is 18.9. The van der Waals surface area contributed by atoms with Gasteiger partial charge in [0.2, 0.25) is 0 Å². The van der Waals surface area contributed by atoms with Crippen LogP contribution in [0.2, 0.25) is 5.02 Å². The minimum Gasteiger partial charge on any atom is -0.488 e. The zero-order valence-corrected chi connectivity index (χ0v) is 11.6. The topological polar surface area (TPSA) is 41.8 Å². The summed E-state index contributed by atoms with van der Waals surface area (Å²) in [6.07, 6.45) is 0. The second-order valence-corrected chi connectivity index (χ2v) is 4.68. The summed E-state index contributed by atoms with van der Waals surface area (Å²) in [7, 11) is 0. The number of benzene rings is 2. The number of halogens is 2. The van der Waals surface area contributed by atoms with Gasteiger partial charge in [-0.05, 0) is 42.8 Å². The monoisotopic (exact) mass is 293 g/mol. The van der Waals surface area contributed by atoms with Gasteiger partial charge in [0.25, 0.3) is 0 Å². The Kier molecular flexibility index (Phi) is 4.58. The van der Waals surface area contributed by atoms with Crippen molar-refractivity contribution in [1.82, 2.24) is 0 Å². The number of ether oxygens (including phenoxy) is 1. The molecule has 0 fully saturated rings. The van der Waals surface area contributed by atoms with Crippen LogP contribution >= 0.6 is 11.6 Å². The summed E-state index contributed by atoms with van der Waals surface area (Å²) in [6, 6.07) is 11.3. The lowest BCUT2D eigenvalue weighted by Gasteiger charge is -2.11. The molecule has 3 nitrogen and oxygen atoms in total. The van der Waals surface area contributed by atoms with Gasteiger partial charge in [-0.1, -0.05) is 28.9 Å². The van der Waals surface area contributed by atoms with Crippen LogP contribution in [0.25, 0.3) is 0 Å². The van der Waals surface area contributed by atoms with Gasteiger partial charge < -0.3 is 9.94 Å². The molecule has 104 valence electrons. The molecule has 0 aliphatic heterocycles. The summed E-state index contributed by atoms with van der Waals surface area (Å²) >= 11 is 5.81. The molecule has 2 aromatic rings. The Hall–Kier alpha value is -2.07. The average Bonchev–Trinajstić information content (AvgIpc) is 2.46. The predicted molar refractivity (Wildman–Crippen MR) is 76.2 cm³/mol. The summed E-state index contributed by atoms with van der Waals surface area (Å²) in [6.45, 7) is 1.89. The van der Waals surface area contributed by atoms with Crippen molar-refractivity contribution in [3.05, 3.63) is 64.4 Å². The van der Waals surface area contributed by atoms with E-state index in [-0.39, 0.29) is 5.71 Å². The van der Waals surface area contributed by atoms with E-state index in [0.717, 1.165) is 5.56 Å². The van der Waals surface area contributed by atoms with Crippen molar-refractivity contribution in [2.75, 3.05) is 0 Å². The largest absolute Gasteiger partial charge is 0.488 e. The maximum Gasteiger partial charge on any atom is 0.129 e. The molecule has 0 radical (unpaired) electrons. The van der Waals surface area contributed by atoms with Gasteiger partial charge in [0.05, 0.1) is 5.71 Å². The van der Waals surface area contributed by atoms with Crippen LogP contribution in [-0.4, -0.2) is 10.9 Å². The van der Waals surface area contributed by atoms with Crippen molar-refractivity contribution in [2.45, 2.75) is 13.5 Å². The molecular formula is C15H13ClFNO2. The first-order valence-electron chi connectivity index (χ1n) is 5.96. The highest BCUT2D eigenvalue weighted by Crippen LogP contribution is 2.22. The van der Waals surface area contributed by atoms with Crippen LogP contribution in [0.15, 0.2) is 47.6 Å². The van der Waals surface area contributed by atoms with E-state index in [1.54, 1.807) is 19.1 Å². The molecule has 0 aliphatic carbocycles. The predicted octanol–water partition coefficient (Wildman–Crippen LogP) is 4.26. The van der Waals surface area contributed by atoms with Gasteiger partial charge in [0.15, 0.2) is 0 Å². The lowest BCUT2D eigenvalue weighted by molar-refractivity contribution is 0.303. The maximum atomic E-state index is 13.2. The van der Waals surface area contributed by atoms with Crippen LogP contribution < -0.4 is 4.74 Å². The highest BCUT2D eigenvalue weighted by Gasteiger charge is 2.09. The van der Waals surface area contributed by atoms with Crippen LogP contribution in [0, 0.1) is 5.82 Å². The van der Waals surface area contributed by atoms with Gasteiger partial charge in [0.1, 0.15) is 18.2 Å². The smallest absolute Gasteiger partial charge is 0.129 e. The standard InChI is InChI=1S/C15H13ClFNO2/c1-10(18-19)14-8-13(17)6-7-15(14)20-9-11-2-4-12(16)5-3-11/h2-8,19H,9H2,1H3/b18-10-. The molecule has 0 heterocycles. The Bertz CT molecular complexity index is 626. The molecule has 2 aromatic carbocycles. The molecule has 20 heavy (non-hydrogen) atoms. The van der Waals surface area contributed by atoms with E-state index >= 15 is 0 Å². The molecule has 5 heteroatoms. The minimum absolute atomic E-state index is 0.288. The average molecular weight is 294 g/mol. The second kappa shape index (κ2) is 6.39. The Morgan fingerprint density at radius 1 is 1.25 bits per heavy atom. The van der Waals surface area contributed by atoms with Crippen LogP contribution in [-0.2, 0) is 6.61 Å². The molecule has 1 N–H and O–H groups in total. The summed E-state index contributed by atoms with van der Waals surface area (Å²) in [5, 5.41) is 12.5. The fourth-order valence-corrected chi connectivity index (χ4v) is 1.83. The van der Waals surface area contributed by atoms with Gasteiger partial charge >= 0.3 is 0 Å². The Morgan fingerprint density at radius 3 is 2.60 bits per heavy atom. The van der Waals surface area contributed by atoms with Gasteiger partial charge in [0, 0.05) is 10.6 Å². The van der Waals surface area contributed by atoms with Crippen molar-refractivity contribution in [2.24, 2.45) is 5.16 Å². The third kappa shape index (κ3) is 3.48. The van der Waals surface area contributed by atoms with Crippen molar-refractivity contribution >= 4 is 17.3 Å².